The predicted octanol–water partition coefficient (Wildman–Crippen LogP) is 4.28. The molecule has 0 N–H and O–H groups in total. The Labute approximate surface area is 112 Å². The second kappa shape index (κ2) is 6.47. The average molecular weight is 290 g/mol. The highest BCUT2D eigenvalue weighted by Gasteiger charge is 2.38. The van der Waals surface area contributed by atoms with Gasteiger partial charge in [0, 0.05) is 4.15 Å². The van der Waals surface area contributed by atoms with Crippen LogP contribution in [0.3, 0.4) is 0 Å². The van der Waals surface area contributed by atoms with Crippen LogP contribution >= 0.6 is 7.71 Å². The fourth-order valence-electron chi connectivity index (χ4n) is 3.29. The van der Waals surface area contributed by atoms with Gasteiger partial charge in [0.05, 0.1) is 6.26 Å². The second-order valence-electron chi connectivity index (χ2n) is 5.78. The van der Waals surface area contributed by atoms with E-state index in [4.69, 9.17) is 0 Å². The third-order valence-electron chi connectivity index (χ3n) is 4.14. The van der Waals surface area contributed by atoms with E-state index in [9.17, 15) is 8.42 Å². The molecular weight excluding hydrogens is 265 g/mol. The number of nitrogens with zero attached hydrogens (tertiary/aromatic N) is 1. The molecule has 0 amide bonds. The molecule has 5 heteroatoms. The molecule has 3 nitrogen and oxygen atoms in total. The van der Waals surface area contributed by atoms with Crippen LogP contribution in [-0.4, -0.2) is 26.0 Å². The Morgan fingerprint density at radius 3 is 1.56 bits per heavy atom. The van der Waals surface area contributed by atoms with Crippen LogP contribution in [0.5, 0.6) is 0 Å². The van der Waals surface area contributed by atoms with Gasteiger partial charge in [0.1, 0.15) is 11.3 Å². The van der Waals surface area contributed by atoms with Gasteiger partial charge >= 0.3 is 0 Å². The third-order valence-corrected chi connectivity index (χ3v) is 8.61. The van der Waals surface area contributed by atoms with Gasteiger partial charge < -0.3 is 0 Å². The van der Waals surface area contributed by atoms with Gasteiger partial charge in [-0.25, -0.2) is 8.42 Å². The smallest absolute Gasteiger partial charge is 0.202 e. The Morgan fingerprint density at radius 2 is 1.22 bits per heavy atom. The molecule has 2 rings (SSSR count). The van der Waals surface area contributed by atoms with Crippen molar-refractivity contribution in [1.82, 2.24) is 0 Å². The van der Waals surface area contributed by atoms with Gasteiger partial charge in [0.25, 0.3) is 10.0 Å². The minimum absolute atomic E-state index is 0.589. The summed E-state index contributed by atoms with van der Waals surface area (Å²) in [6, 6.07) is 0. The zero-order valence-electron chi connectivity index (χ0n) is 11.3. The summed E-state index contributed by atoms with van der Waals surface area (Å²) in [5.74, 6) is 0. The molecule has 2 aliphatic rings. The van der Waals surface area contributed by atoms with Gasteiger partial charge in [-0.3, -0.25) is 0 Å². The van der Waals surface area contributed by atoms with Crippen molar-refractivity contribution < 1.29 is 8.42 Å². The fourth-order valence-corrected chi connectivity index (χ4v) is 8.12. The number of rotatable bonds is 3. The van der Waals surface area contributed by atoms with E-state index in [1.54, 1.807) is 0 Å². The molecule has 0 spiro atoms. The van der Waals surface area contributed by atoms with E-state index in [1.807, 2.05) is 0 Å². The summed E-state index contributed by atoms with van der Waals surface area (Å²) in [5, 5.41) is 0. The maximum absolute atomic E-state index is 11.6. The zero-order chi connectivity index (χ0) is 13.0. The van der Waals surface area contributed by atoms with Gasteiger partial charge in [-0.05, 0) is 51.4 Å². The van der Waals surface area contributed by atoms with E-state index in [-0.39, 0.29) is 0 Å². The van der Waals surface area contributed by atoms with Crippen LogP contribution in [-0.2, 0) is 10.0 Å². The van der Waals surface area contributed by atoms with Crippen LogP contribution in [0, 0.1) is 0 Å². The Hall–Kier alpha value is 0.0500. The molecule has 0 aromatic rings. The second-order valence-corrected chi connectivity index (χ2v) is 10.1. The Kier molecular flexibility index (Phi) is 5.20. The summed E-state index contributed by atoms with van der Waals surface area (Å²) in [5.41, 5.74) is 1.18. The highest BCUT2D eigenvalue weighted by Crippen LogP contribution is 2.50. The first-order chi connectivity index (χ1) is 8.56. The average Bonchev–Trinajstić information content (AvgIpc) is 2.37. The Balaban J connectivity index is 2.18. The van der Waals surface area contributed by atoms with Crippen LogP contribution < -0.4 is 0 Å². The molecule has 0 unspecified atom stereocenters. The summed E-state index contributed by atoms with van der Waals surface area (Å²) in [6.07, 6.45) is 13.8. The van der Waals surface area contributed by atoms with Crippen molar-refractivity contribution in [2.24, 2.45) is 4.15 Å². The number of sulfonamides is 1. The quantitative estimate of drug-likeness (QED) is 0.728. The highest BCUT2D eigenvalue weighted by molar-refractivity contribution is 7.92. The lowest BCUT2D eigenvalue weighted by molar-refractivity contribution is 0.487. The van der Waals surface area contributed by atoms with Crippen molar-refractivity contribution in [2.75, 3.05) is 6.26 Å². The lowest BCUT2D eigenvalue weighted by atomic mass is 10.00. The summed E-state index contributed by atoms with van der Waals surface area (Å²) >= 11 is 0. The first-order valence-corrected chi connectivity index (χ1v) is 10.6. The van der Waals surface area contributed by atoms with Crippen LogP contribution in [0.4, 0.5) is 0 Å². The zero-order valence-corrected chi connectivity index (χ0v) is 13.1. The monoisotopic (exact) mass is 290 g/mol. The number of hydrogen-bond acceptors (Lipinski definition) is 2. The van der Waals surface area contributed by atoms with E-state index in [2.05, 4.69) is 4.15 Å². The SMILES string of the molecule is CS(=O)(=O)N=[P+](C1CCCCC1)C1CCCCC1. The summed E-state index contributed by atoms with van der Waals surface area (Å²) in [4.78, 5) is 0. The molecule has 2 aliphatic carbocycles. The minimum atomic E-state index is -3.17. The van der Waals surface area contributed by atoms with E-state index in [0.717, 1.165) is 0 Å². The first kappa shape index (κ1) is 14.5. The summed E-state index contributed by atoms with van der Waals surface area (Å²) in [7, 11) is -3.82. The van der Waals surface area contributed by atoms with Crippen molar-refractivity contribution in [3.63, 3.8) is 0 Å². The molecule has 0 saturated heterocycles. The molecule has 0 aromatic heterocycles. The lowest BCUT2D eigenvalue weighted by Gasteiger charge is -2.22. The van der Waals surface area contributed by atoms with Crippen molar-refractivity contribution in [3.05, 3.63) is 0 Å². The molecule has 18 heavy (non-hydrogen) atoms. The molecule has 2 saturated carbocycles. The van der Waals surface area contributed by atoms with Gasteiger partial charge in [-0.2, -0.15) is 0 Å². The van der Waals surface area contributed by atoms with Crippen molar-refractivity contribution in [2.45, 2.75) is 75.5 Å². The lowest BCUT2D eigenvalue weighted by Crippen LogP contribution is -2.17. The molecule has 104 valence electrons. The molecule has 2 fully saturated rings. The Morgan fingerprint density at radius 1 is 0.833 bits per heavy atom. The van der Waals surface area contributed by atoms with Crippen molar-refractivity contribution in [3.8, 4) is 0 Å². The van der Waals surface area contributed by atoms with E-state index >= 15 is 0 Å². The molecule has 0 atom stereocenters. The third kappa shape index (κ3) is 4.31. The van der Waals surface area contributed by atoms with Crippen LogP contribution in [0.15, 0.2) is 4.15 Å². The van der Waals surface area contributed by atoms with E-state index in [1.165, 1.54) is 70.5 Å². The summed E-state index contributed by atoms with van der Waals surface area (Å²) in [6.45, 7) is 0. The maximum Gasteiger partial charge on any atom is 0.285 e. The highest BCUT2D eigenvalue weighted by atomic mass is 32.2. The minimum Gasteiger partial charge on any atom is -0.202 e. The molecule has 0 aromatic carbocycles. The fraction of sp³-hybridized carbons (Fsp3) is 1.00. The molecule has 0 radical (unpaired) electrons. The normalized spacial score (nSPS) is 23.8. The molecule has 0 aliphatic heterocycles. The standard InChI is InChI=1S/C13H25NO2PS/c1-18(15,16)14-17(12-8-4-2-5-9-12)13-10-6-3-7-11-13/h12-13H,2-11H2,1H3/q+1. The van der Waals surface area contributed by atoms with Crippen LogP contribution in [0.2, 0.25) is 0 Å². The predicted molar refractivity (Wildman–Crippen MR) is 77.9 cm³/mol. The topological polar surface area (TPSA) is 46.5 Å². The van der Waals surface area contributed by atoms with E-state index < -0.39 is 17.7 Å². The van der Waals surface area contributed by atoms with Crippen LogP contribution in [0.1, 0.15) is 64.2 Å². The molecule has 0 bridgehead atoms. The largest absolute Gasteiger partial charge is 0.285 e. The summed E-state index contributed by atoms with van der Waals surface area (Å²) < 4.78 is 27.4. The van der Waals surface area contributed by atoms with E-state index in [0.29, 0.717) is 11.3 Å². The molecular formula is C13H25NO2PS+. The molecule has 0 heterocycles. The van der Waals surface area contributed by atoms with Crippen molar-refractivity contribution in [1.29, 1.82) is 0 Å². The van der Waals surface area contributed by atoms with Gasteiger partial charge in [0.2, 0.25) is 7.71 Å². The van der Waals surface area contributed by atoms with Gasteiger partial charge in [-0.15, -0.1) is 0 Å². The van der Waals surface area contributed by atoms with Crippen LogP contribution in [0.25, 0.3) is 0 Å². The first-order valence-electron chi connectivity index (χ1n) is 7.27. The van der Waals surface area contributed by atoms with Crippen molar-refractivity contribution >= 4 is 17.7 Å². The van der Waals surface area contributed by atoms with Gasteiger partial charge in [0.15, 0.2) is 0 Å². The maximum atomic E-state index is 11.6. The number of hydrogen-bond donors (Lipinski definition) is 0. The van der Waals surface area contributed by atoms with Gasteiger partial charge in [-0.1, -0.05) is 12.8 Å². The Bertz CT molecular complexity index is 373.